The third-order valence-electron chi connectivity index (χ3n) is 3.39. The van der Waals surface area contributed by atoms with E-state index in [1.165, 1.54) is 6.42 Å². The molecule has 1 aromatic rings. The molecule has 1 amide bonds. The SMILES string of the molecule is COc1cc(I)c(C(=O)NCC2CCCN2)cc1OC. The second-order valence-corrected chi connectivity index (χ2v) is 5.85. The summed E-state index contributed by atoms with van der Waals surface area (Å²) in [5.74, 6) is 1.12. The van der Waals surface area contributed by atoms with Crippen molar-refractivity contribution >= 4 is 28.5 Å². The van der Waals surface area contributed by atoms with Crippen molar-refractivity contribution < 1.29 is 14.3 Å². The minimum absolute atomic E-state index is 0.0796. The van der Waals surface area contributed by atoms with Crippen molar-refractivity contribution in [2.75, 3.05) is 27.3 Å². The lowest BCUT2D eigenvalue weighted by Gasteiger charge is -2.14. The number of amides is 1. The molecule has 6 heteroatoms. The number of rotatable bonds is 5. The summed E-state index contributed by atoms with van der Waals surface area (Å²) in [7, 11) is 3.15. The third kappa shape index (κ3) is 3.54. The fraction of sp³-hybridized carbons (Fsp3) is 0.500. The molecule has 1 unspecified atom stereocenters. The lowest BCUT2D eigenvalue weighted by molar-refractivity contribution is 0.0949. The summed E-state index contributed by atoms with van der Waals surface area (Å²) < 4.78 is 11.3. The van der Waals surface area contributed by atoms with Crippen LogP contribution in [0.15, 0.2) is 12.1 Å². The molecule has 0 spiro atoms. The number of methoxy groups -OCH3 is 2. The number of hydrogen-bond donors (Lipinski definition) is 2. The van der Waals surface area contributed by atoms with Gasteiger partial charge >= 0.3 is 0 Å². The minimum Gasteiger partial charge on any atom is -0.493 e. The van der Waals surface area contributed by atoms with Crippen molar-refractivity contribution in [1.29, 1.82) is 0 Å². The zero-order valence-corrected chi connectivity index (χ0v) is 13.8. The van der Waals surface area contributed by atoms with Crippen LogP contribution in [0.25, 0.3) is 0 Å². The second-order valence-electron chi connectivity index (χ2n) is 4.69. The lowest BCUT2D eigenvalue weighted by atomic mass is 10.1. The predicted molar refractivity (Wildman–Crippen MR) is 85.6 cm³/mol. The van der Waals surface area contributed by atoms with E-state index >= 15 is 0 Å². The van der Waals surface area contributed by atoms with E-state index in [-0.39, 0.29) is 5.91 Å². The minimum atomic E-state index is -0.0796. The van der Waals surface area contributed by atoms with Gasteiger partial charge in [-0.05, 0) is 54.1 Å². The van der Waals surface area contributed by atoms with Gasteiger partial charge in [0.25, 0.3) is 5.91 Å². The number of hydrogen-bond acceptors (Lipinski definition) is 4. The Morgan fingerprint density at radius 2 is 2.10 bits per heavy atom. The van der Waals surface area contributed by atoms with Crippen LogP contribution >= 0.6 is 22.6 Å². The Hall–Kier alpha value is -1.02. The van der Waals surface area contributed by atoms with E-state index in [4.69, 9.17) is 9.47 Å². The monoisotopic (exact) mass is 390 g/mol. The molecule has 20 heavy (non-hydrogen) atoms. The Kier molecular flexibility index (Phi) is 5.47. The van der Waals surface area contributed by atoms with Crippen molar-refractivity contribution in [3.63, 3.8) is 0 Å². The zero-order valence-electron chi connectivity index (χ0n) is 11.7. The van der Waals surface area contributed by atoms with Crippen LogP contribution in [0.1, 0.15) is 23.2 Å². The molecule has 0 bridgehead atoms. The van der Waals surface area contributed by atoms with Crippen molar-refractivity contribution in [3.05, 3.63) is 21.3 Å². The molecule has 0 aromatic heterocycles. The summed E-state index contributed by atoms with van der Waals surface area (Å²) in [6, 6.07) is 3.91. The molecule has 1 atom stereocenters. The highest BCUT2D eigenvalue weighted by Gasteiger charge is 2.18. The molecule has 5 nitrogen and oxygen atoms in total. The first-order chi connectivity index (χ1) is 9.65. The smallest absolute Gasteiger partial charge is 0.252 e. The highest BCUT2D eigenvalue weighted by molar-refractivity contribution is 14.1. The molecular weight excluding hydrogens is 371 g/mol. The van der Waals surface area contributed by atoms with Gasteiger partial charge < -0.3 is 20.1 Å². The van der Waals surface area contributed by atoms with Crippen LogP contribution in [0.2, 0.25) is 0 Å². The van der Waals surface area contributed by atoms with Gasteiger partial charge in [0, 0.05) is 16.2 Å². The van der Waals surface area contributed by atoms with Gasteiger partial charge in [0.2, 0.25) is 0 Å². The summed E-state index contributed by atoms with van der Waals surface area (Å²) in [6.45, 7) is 1.69. The average Bonchev–Trinajstić information content (AvgIpc) is 2.97. The maximum atomic E-state index is 12.2. The molecule has 2 N–H and O–H groups in total. The van der Waals surface area contributed by atoms with Gasteiger partial charge in [0.1, 0.15) is 0 Å². The summed E-state index contributed by atoms with van der Waals surface area (Å²) in [4.78, 5) is 12.2. The number of ether oxygens (including phenoxy) is 2. The Bertz CT molecular complexity index is 488. The van der Waals surface area contributed by atoms with Gasteiger partial charge in [-0.25, -0.2) is 0 Å². The topological polar surface area (TPSA) is 59.6 Å². The van der Waals surface area contributed by atoms with Gasteiger partial charge in [0.05, 0.1) is 19.8 Å². The normalized spacial score (nSPS) is 17.9. The van der Waals surface area contributed by atoms with Gasteiger partial charge in [-0.2, -0.15) is 0 Å². The summed E-state index contributed by atoms with van der Waals surface area (Å²) in [6.07, 6.45) is 2.29. The molecule has 1 fully saturated rings. The number of nitrogens with one attached hydrogen (secondary N) is 2. The van der Waals surface area contributed by atoms with Crippen molar-refractivity contribution in [2.24, 2.45) is 0 Å². The van der Waals surface area contributed by atoms with E-state index in [9.17, 15) is 4.79 Å². The average molecular weight is 390 g/mol. The quantitative estimate of drug-likeness (QED) is 0.753. The summed E-state index contributed by atoms with van der Waals surface area (Å²) in [5.41, 5.74) is 0.612. The summed E-state index contributed by atoms with van der Waals surface area (Å²) >= 11 is 2.13. The third-order valence-corrected chi connectivity index (χ3v) is 4.28. The predicted octanol–water partition coefficient (Wildman–Crippen LogP) is 1.79. The fourth-order valence-corrected chi connectivity index (χ4v) is 2.95. The first-order valence-corrected chi connectivity index (χ1v) is 7.66. The highest BCUT2D eigenvalue weighted by Crippen LogP contribution is 2.31. The number of carbonyl (C=O) groups excluding carboxylic acids is 1. The number of benzene rings is 1. The molecular formula is C14H19IN2O3. The standard InChI is InChI=1S/C14H19IN2O3/c1-19-12-6-10(11(15)7-13(12)20-2)14(18)17-8-9-4-3-5-16-9/h6-7,9,16H,3-5,8H2,1-2H3,(H,17,18). The van der Waals surface area contributed by atoms with Crippen LogP contribution in [-0.4, -0.2) is 39.3 Å². The van der Waals surface area contributed by atoms with Crippen molar-refractivity contribution in [3.8, 4) is 11.5 Å². The van der Waals surface area contributed by atoms with E-state index in [0.717, 1.165) is 16.5 Å². The first kappa shape index (κ1) is 15.4. The zero-order chi connectivity index (χ0) is 14.5. The van der Waals surface area contributed by atoms with Crippen LogP contribution in [0.5, 0.6) is 11.5 Å². The molecule has 0 radical (unpaired) electrons. The van der Waals surface area contributed by atoms with Crippen LogP contribution in [0, 0.1) is 3.57 Å². The van der Waals surface area contributed by atoms with E-state index in [1.54, 1.807) is 20.3 Å². The summed E-state index contributed by atoms with van der Waals surface area (Å²) in [5, 5.41) is 6.33. The number of carbonyl (C=O) groups is 1. The molecule has 1 aromatic carbocycles. The molecule has 2 rings (SSSR count). The Balaban J connectivity index is 2.08. The van der Waals surface area contributed by atoms with E-state index < -0.39 is 0 Å². The molecule has 1 saturated heterocycles. The second kappa shape index (κ2) is 7.12. The molecule has 0 aliphatic carbocycles. The largest absolute Gasteiger partial charge is 0.493 e. The van der Waals surface area contributed by atoms with Gasteiger partial charge in [-0.1, -0.05) is 0 Å². The molecule has 1 aliphatic rings. The van der Waals surface area contributed by atoms with Crippen molar-refractivity contribution in [2.45, 2.75) is 18.9 Å². The van der Waals surface area contributed by atoms with Crippen LogP contribution in [0.4, 0.5) is 0 Å². The van der Waals surface area contributed by atoms with E-state index in [0.29, 0.717) is 29.6 Å². The molecule has 1 aliphatic heterocycles. The van der Waals surface area contributed by atoms with Gasteiger partial charge in [0.15, 0.2) is 11.5 Å². The Morgan fingerprint density at radius 3 is 2.70 bits per heavy atom. The maximum absolute atomic E-state index is 12.2. The van der Waals surface area contributed by atoms with Gasteiger partial charge in [-0.3, -0.25) is 4.79 Å². The highest BCUT2D eigenvalue weighted by atomic mass is 127. The van der Waals surface area contributed by atoms with E-state index in [2.05, 4.69) is 33.2 Å². The van der Waals surface area contributed by atoms with E-state index in [1.807, 2.05) is 6.07 Å². The number of halogens is 1. The van der Waals surface area contributed by atoms with Crippen LogP contribution in [-0.2, 0) is 0 Å². The fourth-order valence-electron chi connectivity index (χ4n) is 2.27. The van der Waals surface area contributed by atoms with Crippen LogP contribution in [0.3, 0.4) is 0 Å². The molecule has 0 saturated carbocycles. The Morgan fingerprint density at radius 1 is 1.40 bits per heavy atom. The molecule has 1 heterocycles. The molecule has 110 valence electrons. The van der Waals surface area contributed by atoms with Gasteiger partial charge in [-0.15, -0.1) is 0 Å². The maximum Gasteiger partial charge on any atom is 0.252 e. The van der Waals surface area contributed by atoms with Crippen molar-refractivity contribution in [1.82, 2.24) is 10.6 Å². The lowest BCUT2D eigenvalue weighted by Crippen LogP contribution is -2.37. The first-order valence-electron chi connectivity index (χ1n) is 6.58. The Labute approximate surface area is 132 Å². The van der Waals surface area contributed by atoms with Crippen LogP contribution < -0.4 is 20.1 Å².